The van der Waals surface area contributed by atoms with Gasteiger partial charge in [0, 0.05) is 17.6 Å². The number of nitrogens with zero attached hydrogens (tertiary/aromatic N) is 2. The molecule has 1 atom stereocenters. The van der Waals surface area contributed by atoms with Gasteiger partial charge in [0.2, 0.25) is 0 Å². The molecule has 0 aliphatic carbocycles. The van der Waals surface area contributed by atoms with Crippen LogP contribution in [0.1, 0.15) is 24.4 Å². The second-order valence-electron chi connectivity index (χ2n) is 4.59. The molecule has 0 amide bonds. The van der Waals surface area contributed by atoms with Gasteiger partial charge in [-0.1, -0.05) is 12.1 Å². The van der Waals surface area contributed by atoms with E-state index in [-0.39, 0.29) is 0 Å². The first-order chi connectivity index (χ1) is 7.84. The molecule has 0 radical (unpaired) electrons. The van der Waals surface area contributed by atoms with Crippen molar-refractivity contribution in [2.24, 2.45) is 0 Å². The Morgan fingerprint density at radius 2 is 2.25 bits per heavy atom. The number of likely N-dealkylation sites (tertiary alicyclic amines) is 1. The van der Waals surface area contributed by atoms with Gasteiger partial charge in [0.1, 0.15) is 0 Å². The van der Waals surface area contributed by atoms with Crippen LogP contribution in [0.4, 0.5) is 0 Å². The molecule has 82 valence electrons. The molecule has 16 heavy (non-hydrogen) atoms. The number of rotatable bonds is 1. The molecular weight excluding hydrogens is 196 g/mol. The van der Waals surface area contributed by atoms with Crippen LogP contribution in [0.15, 0.2) is 36.5 Å². The molecule has 1 aromatic carbocycles. The second kappa shape index (κ2) is 3.87. The summed E-state index contributed by atoms with van der Waals surface area (Å²) in [6, 6.07) is 11.4. The maximum Gasteiger partial charge on any atom is 0.0702 e. The molecule has 2 nitrogen and oxygen atoms in total. The maximum absolute atomic E-state index is 4.35. The van der Waals surface area contributed by atoms with E-state index in [1.165, 1.54) is 30.3 Å². The van der Waals surface area contributed by atoms with Crippen molar-refractivity contribution < 1.29 is 0 Å². The van der Waals surface area contributed by atoms with Crippen molar-refractivity contribution in [1.29, 1.82) is 0 Å². The summed E-state index contributed by atoms with van der Waals surface area (Å²) in [4.78, 5) is 6.80. The average molecular weight is 212 g/mol. The number of fused-ring (bicyclic) bond motifs is 1. The number of benzene rings is 1. The number of hydrogen-bond donors (Lipinski definition) is 0. The van der Waals surface area contributed by atoms with Crippen molar-refractivity contribution in [2.45, 2.75) is 18.9 Å². The lowest BCUT2D eigenvalue weighted by atomic mass is 10.0. The van der Waals surface area contributed by atoms with Gasteiger partial charge in [-0.3, -0.25) is 9.88 Å². The van der Waals surface area contributed by atoms with Gasteiger partial charge in [-0.15, -0.1) is 0 Å². The van der Waals surface area contributed by atoms with E-state index >= 15 is 0 Å². The Morgan fingerprint density at radius 1 is 1.31 bits per heavy atom. The molecule has 0 N–H and O–H groups in total. The zero-order chi connectivity index (χ0) is 11.0. The minimum Gasteiger partial charge on any atom is -0.299 e. The first-order valence-electron chi connectivity index (χ1n) is 5.89. The van der Waals surface area contributed by atoms with Gasteiger partial charge in [-0.25, -0.2) is 0 Å². The number of hydrogen-bond acceptors (Lipinski definition) is 2. The third-order valence-electron chi connectivity index (χ3n) is 3.53. The molecule has 0 bridgehead atoms. The summed E-state index contributed by atoms with van der Waals surface area (Å²) >= 11 is 0. The van der Waals surface area contributed by atoms with Crippen LogP contribution in [-0.4, -0.2) is 23.5 Å². The van der Waals surface area contributed by atoms with Crippen molar-refractivity contribution in [2.75, 3.05) is 13.6 Å². The van der Waals surface area contributed by atoms with Crippen LogP contribution in [0.3, 0.4) is 0 Å². The smallest absolute Gasteiger partial charge is 0.0702 e. The van der Waals surface area contributed by atoms with Crippen molar-refractivity contribution in [3.8, 4) is 0 Å². The SMILES string of the molecule is CN1CCC[C@@H]1c1ccc2ncccc2c1. The molecular formula is C14H16N2. The van der Waals surface area contributed by atoms with Gasteiger partial charge in [0.05, 0.1) is 5.52 Å². The zero-order valence-electron chi connectivity index (χ0n) is 9.56. The Kier molecular flexibility index (Phi) is 2.37. The lowest BCUT2D eigenvalue weighted by molar-refractivity contribution is 0.317. The average Bonchev–Trinajstić information content (AvgIpc) is 2.75. The van der Waals surface area contributed by atoms with Crippen LogP contribution in [0.2, 0.25) is 0 Å². The zero-order valence-corrected chi connectivity index (χ0v) is 9.56. The highest BCUT2D eigenvalue weighted by molar-refractivity contribution is 5.79. The molecule has 2 heteroatoms. The van der Waals surface area contributed by atoms with Crippen LogP contribution in [-0.2, 0) is 0 Å². The molecule has 1 aliphatic heterocycles. The van der Waals surface area contributed by atoms with E-state index in [9.17, 15) is 0 Å². The fraction of sp³-hybridized carbons (Fsp3) is 0.357. The van der Waals surface area contributed by atoms with Gasteiger partial charge < -0.3 is 0 Å². The fourth-order valence-corrected chi connectivity index (χ4v) is 2.63. The van der Waals surface area contributed by atoms with Crippen molar-refractivity contribution in [3.63, 3.8) is 0 Å². The monoisotopic (exact) mass is 212 g/mol. The van der Waals surface area contributed by atoms with E-state index < -0.39 is 0 Å². The summed E-state index contributed by atoms with van der Waals surface area (Å²) in [5, 5.41) is 1.25. The minimum atomic E-state index is 0.601. The molecule has 1 fully saturated rings. The Balaban J connectivity index is 2.04. The van der Waals surface area contributed by atoms with Crippen LogP contribution in [0, 0.1) is 0 Å². The van der Waals surface area contributed by atoms with Crippen LogP contribution in [0.25, 0.3) is 10.9 Å². The standard InChI is InChI=1S/C14H16N2/c1-16-9-3-5-14(16)12-6-7-13-11(10-12)4-2-8-15-13/h2,4,6-8,10,14H,3,5,9H2,1H3/t14-/m1/s1. The molecule has 2 aromatic rings. The summed E-state index contributed by atoms with van der Waals surface area (Å²) in [7, 11) is 2.21. The topological polar surface area (TPSA) is 16.1 Å². The normalized spacial score (nSPS) is 21.7. The summed E-state index contributed by atoms with van der Waals surface area (Å²) in [6.07, 6.45) is 4.44. The first kappa shape index (κ1) is 9.79. The highest BCUT2D eigenvalue weighted by Gasteiger charge is 2.22. The summed E-state index contributed by atoms with van der Waals surface area (Å²) in [5.74, 6) is 0. The quantitative estimate of drug-likeness (QED) is 0.722. The van der Waals surface area contributed by atoms with Crippen LogP contribution < -0.4 is 0 Å². The molecule has 1 saturated heterocycles. The van der Waals surface area contributed by atoms with E-state index in [0.29, 0.717) is 6.04 Å². The Bertz CT molecular complexity index is 507. The van der Waals surface area contributed by atoms with Gasteiger partial charge in [0.25, 0.3) is 0 Å². The summed E-state index contributed by atoms with van der Waals surface area (Å²) in [5.41, 5.74) is 2.52. The van der Waals surface area contributed by atoms with Gasteiger partial charge >= 0.3 is 0 Å². The Labute approximate surface area is 95.9 Å². The molecule has 0 unspecified atom stereocenters. The molecule has 0 spiro atoms. The minimum absolute atomic E-state index is 0.601. The van der Waals surface area contributed by atoms with E-state index in [1.54, 1.807) is 0 Å². The molecule has 1 aromatic heterocycles. The first-order valence-corrected chi connectivity index (χ1v) is 5.89. The van der Waals surface area contributed by atoms with E-state index in [1.807, 2.05) is 12.3 Å². The van der Waals surface area contributed by atoms with E-state index in [4.69, 9.17) is 0 Å². The highest BCUT2D eigenvalue weighted by Crippen LogP contribution is 2.31. The summed E-state index contributed by atoms with van der Waals surface area (Å²) < 4.78 is 0. The molecule has 0 saturated carbocycles. The number of pyridine rings is 1. The Morgan fingerprint density at radius 3 is 3.06 bits per heavy atom. The summed E-state index contributed by atoms with van der Waals surface area (Å²) in [6.45, 7) is 1.22. The molecule has 1 aliphatic rings. The molecule has 2 heterocycles. The maximum atomic E-state index is 4.35. The third-order valence-corrected chi connectivity index (χ3v) is 3.53. The fourth-order valence-electron chi connectivity index (χ4n) is 2.63. The lowest BCUT2D eigenvalue weighted by Gasteiger charge is -2.19. The van der Waals surface area contributed by atoms with Crippen molar-refractivity contribution >= 4 is 10.9 Å². The number of aromatic nitrogens is 1. The largest absolute Gasteiger partial charge is 0.299 e. The van der Waals surface area contributed by atoms with Gasteiger partial charge in [0.15, 0.2) is 0 Å². The lowest BCUT2D eigenvalue weighted by Crippen LogP contribution is -2.17. The Hall–Kier alpha value is -1.41. The third kappa shape index (κ3) is 1.59. The van der Waals surface area contributed by atoms with E-state index in [2.05, 4.69) is 41.2 Å². The van der Waals surface area contributed by atoms with E-state index in [0.717, 1.165) is 5.52 Å². The van der Waals surface area contributed by atoms with Gasteiger partial charge in [-0.05, 0) is 50.2 Å². The highest BCUT2D eigenvalue weighted by atomic mass is 15.1. The van der Waals surface area contributed by atoms with Crippen molar-refractivity contribution in [1.82, 2.24) is 9.88 Å². The molecule has 3 rings (SSSR count). The van der Waals surface area contributed by atoms with Crippen LogP contribution >= 0.6 is 0 Å². The second-order valence-corrected chi connectivity index (χ2v) is 4.59. The predicted molar refractivity (Wildman–Crippen MR) is 66.3 cm³/mol. The predicted octanol–water partition coefficient (Wildman–Crippen LogP) is 3.00. The van der Waals surface area contributed by atoms with Crippen molar-refractivity contribution in [3.05, 3.63) is 42.1 Å². The van der Waals surface area contributed by atoms with Crippen LogP contribution in [0.5, 0.6) is 0 Å². The van der Waals surface area contributed by atoms with Gasteiger partial charge in [-0.2, -0.15) is 0 Å².